The molecule has 3 aromatic rings. The van der Waals surface area contributed by atoms with Gasteiger partial charge in [-0.2, -0.15) is 0 Å². The van der Waals surface area contributed by atoms with Gasteiger partial charge in [0.1, 0.15) is 0 Å². The van der Waals surface area contributed by atoms with Crippen LogP contribution in [0.5, 0.6) is 11.5 Å². The molecule has 0 atom stereocenters. The van der Waals surface area contributed by atoms with Gasteiger partial charge in [-0.1, -0.05) is 6.92 Å². The predicted octanol–water partition coefficient (Wildman–Crippen LogP) is 4.41. The van der Waals surface area contributed by atoms with Gasteiger partial charge in [-0.15, -0.1) is 0 Å². The lowest BCUT2D eigenvalue weighted by Crippen LogP contribution is -2.40. The molecule has 1 aliphatic carbocycles. The number of hydrogen-bond acceptors (Lipinski definition) is 4. The summed E-state index contributed by atoms with van der Waals surface area (Å²) in [7, 11) is 3.27. The first kappa shape index (κ1) is 21.2. The maximum absolute atomic E-state index is 12.9. The van der Waals surface area contributed by atoms with E-state index in [4.69, 9.17) is 15.2 Å². The Morgan fingerprint density at radius 1 is 1.06 bits per heavy atom. The van der Waals surface area contributed by atoms with Crippen LogP contribution in [-0.2, 0) is 6.42 Å². The summed E-state index contributed by atoms with van der Waals surface area (Å²) in [5.74, 6) is 1.37. The van der Waals surface area contributed by atoms with Crippen molar-refractivity contribution in [1.82, 2.24) is 10.3 Å². The number of aromatic nitrogens is 1. The molecule has 0 bridgehead atoms. The maximum Gasteiger partial charge on any atom is 0.251 e. The molecule has 0 radical (unpaired) electrons. The van der Waals surface area contributed by atoms with Crippen molar-refractivity contribution < 1.29 is 14.3 Å². The van der Waals surface area contributed by atoms with E-state index in [2.05, 4.69) is 17.2 Å². The van der Waals surface area contributed by atoms with Crippen LogP contribution in [0.3, 0.4) is 0 Å². The minimum Gasteiger partial charge on any atom is -0.493 e. The van der Waals surface area contributed by atoms with Crippen molar-refractivity contribution in [1.29, 1.82) is 0 Å². The lowest BCUT2D eigenvalue weighted by molar-refractivity contribution is 0.0926. The number of hydrogen-bond donors (Lipinski definition) is 3. The van der Waals surface area contributed by atoms with Crippen LogP contribution < -0.4 is 20.5 Å². The number of benzene rings is 2. The molecule has 164 valence electrons. The van der Waals surface area contributed by atoms with Crippen molar-refractivity contribution in [3.05, 3.63) is 47.5 Å². The van der Waals surface area contributed by atoms with Crippen LogP contribution in [0, 0.1) is 0 Å². The monoisotopic (exact) mass is 421 g/mol. The standard InChI is InChI=1S/C25H31N3O3/c1-4-19-20-13-16(25(29)27-18-9-7-17(26)8-10-18)5-11-21(20)28-24(19)15-6-12-22(30-2)23(14-15)31-3/h5-6,11-14,17-18,28H,4,7-10,26H2,1-3H3,(H,27,29). The smallest absolute Gasteiger partial charge is 0.251 e. The molecule has 4 N–H and O–H groups in total. The van der Waals surface area contributed by atoms with Gasteiger partial charge < -0.3 is 25.5 Å². The molecular weight excluding hydrogens is 390 g/mol. The molecule has 1 fully saturated rings. The maximum atomic E-state index is 12.9. The number of amides is 1. The highest BCUT2D eigenvalue weighted by molar-refractivity contribution is 6.00. The quantitative estimate of drug-likeness (QED) is 0.550. The number of carbonyl (C=O) groups is 1. The number of methoxy groups -OCH3 is 2. The van der Waals surface area contributed by atoms with E-state index in [-0.39, 0.29) is 18.0 Å². The Labute approximate surface area is 183 Å². The summed E-state index contributed by atoms with van der Waals surface area (Å²) in [5, 5.41) is 4.26. The lowest BCUT2D eigenvalue weighted by atomic mass is 9.91. The van der Waals surface area contributed by atoms with Gasteiger partial charge in [0.05, 0.1) is 14.2 Å². The largest absolute Gasteiger partial charge is 0.493 e. The van der Waals surface area contributed by atoms with Gasteiger partial charge in [0.15, 0.2) is 11.5 Å². The van der Waals surface area contributed by atoms with Crippen LogP contribution in [0.25, 0.3) is 22.2 Å². The van der Waals surface area contributed by atoms with Gasteiger partial charge in [-0.05, 0) is 74.1 Å². The van der Waals surface area contributed by atoms with E-state index in [1.54, 1.807) is 14.2 Å². The van der Waals surface area contributed by atoms with E-state index in [0.29, 0.717) is 17.1 Å². The Morgan fingerprint density at radius 3 is 2.48 bits per heavy atom. The summed E-state index contributed by atoms with van der Waals surface area (Å²) < 4.78 is 10.8. The number of carbonyl (C=O) groups excluding carboxylic acids is 1. The molecule has 1 heterocycles. The third kappa shape index (κ3) is 4.26. The molecule has 0 unspecified atom stereocenters. The molecule has 31 heavy (non-hydrogen) atoms. The normalized spacial score (nSPS) is 18.7. The van der Waals surface area contributed by atoms with Gasteiger partial charge in [0.2, 0.25) is 0 Å². The van der Waals surface area contributed by atoms with Crippen LogP contribution in [0.4, 0.5) is 0 Å². The summed E-state index contributed by atoms with van der Waals surface area (Å²) in [6.07, 6.45) is 4.67. The number of rotatable bonds is 6. The summed E-state index contributed by atoms with van der Waals surface area (Å²) in [5.41, 5.74) is 10.9. The molecule has 0 saturated heterocycles. The molecule has 0 aliphatic heterocycles. The van der Waals surface area contributed by atoms with Crippen LogP contribution >= 0.6 is 0 Å². The second-order valence-corrected chi connectivity index (χ2v) is 8.25. The van der Waals surface area contributed by atoms with Crippen molar-refractivity contribution in [2.75, 3.05) is 14.2 Å². The van der Waals surface area contributed by atoms with Crippen molar-refractivity contribution in [3.8, 4) is 22.8 Å². The molecule has 0 spiro atoms. The Kier molecular flexibility index (Phi) is 6.18. The zero-order valence-electron chi connectivity index (χ0n) is 18.5. The van der Waals surface area contributed by atoms with Crippen LogP contribution in [0.2, 0.25) is 0 Å². The zero-order chi connectivity index (χ0) is 22.0. The second kappa shape index (κ2) is 9.02. The van der Waals surface area contributed by atoms with Crippen molar-refractivity contribution in [2.24, 2.45) is 5.73 Å². The van der Waals surface area contributed by atoms with Crippen molar-refractivity contribution >= 4 is 16.8 Å². The van der Waals surface area contributed by atoms with E-state index in [1.165, 1.54) is 5.56 Å². The SMILES string of the molecule is CCc1c(-c2ccc(OC)c(OC)c2)[nH]c2ccc(C(=O)NC3CCC(N)CC3)cc12. The van der Waals surface area contributed by atoms with Gasteiger partial charge in [-0.3, -0.25) is 4.79 Å². The number of aromatic amines is 1. The summed E-state index contributed by atoms with van der Waals surface area (Å²) in [4.78, 5) is 16.4. The van der Waals surface area contributed by atoms with Crippen molar-refractivity contribution in [2.45, 2.75) is 51.1 Å². The molecule has 1 amide bonds. The predicted molar refractivity (Wildman–Crippen MR) is 124 cm³/mol. The Hall–Kier alpha value is -2.99. The fraction of sp³-hybridized carbons (Fsp3) is 0.400. The molecule has 1 aromatic heterocycles. The topological polar surface area (TPSA) is 89.4 Å². The fourth-order valence-corrected chi connectivity index (χ4v) is 4.53. The van der Waals surface area contributed by atoms with Crippen molar-refractivity contribution in [3.63, 3.8) is 0 Å². The summed E-state index contributed by atoms with van der Waals surface area (Å²) in [6.45, 7) is 2.13. The van der Waals surface area contributed by atoms with E-state index in [9.17, 15) is 4.79 Å². The molecular formula is C25H31N3O3. The third-order valence-corrected chi connectivity index (χ3v) is 6.30. The highest BCUT2D eigenvalue weighted by atomic mass is 16.5. The van der Waals surface area contributed by atoms with Crippen LogP contribution in [0.15, 0.2) is 36.4 Å². The van der Waals surface area contributed by atoms with E-state index >= 15 is 0 Å². The molecule has 2 aromatic carbocycles. The number of aryl methyl sites for hydroxylation is 1. The van der Waals surface area contributed by atoms with Crippen LogP contribution in [-0.4, -0.2) is 37.2 Å². The van der Waals surface area contributed by atoms with E-state index in [1.807, 2.05) is 36.4 Å². The number of nitrogens with one attached hydrogen (secondary N) is 2. The minimum atomic E-state index is -0.0155. The molecule has 1 saturated carbocycles. The van der Waals surface area contributed by atoms with E-state index in [0.717, 1.165) is 54.3 Å². The third-order valence-electron chi connectivity index (χ3n) is 6.30. The highest BCUT2D eigenvalue weighted by Crippen LogP contribution is 2.36. The molecule has 6 heteroatoms. The van der Waals surface area contributed by atoms with Crippen LogP contribution in [0.1, 0.15) is 48.5 Å². The molecule has 1 aliphatic rings. The van der Waals surface area contributed by atoms with E-state index < -0.39 is 0 Å². The minimum absolute atomic E-state index is 0.0155. The lowest BCUT2D eigenvalue weighted by Gasteiger charge is -2.26. The first-order valence-electron chi connectivity index (χ1n) is 11.0. The van der Waals surface area contributed by atoms with Gasteiger partial charge >= 0.3 is 0 Å². The number of nitrogens with two attached hydrogens (primary N) is 1. The van der Waals surface area contributed by atoms with Gasteiger partial charge in [-0.25, -0.2) is 0 Å². The average molecular weight is 422 g/mol. The van der Waals surface area contributed by atoms with Gasteiger partial charge in [0.25, 0.3) is 5.91 Å². The molecule has 6 nitrogen and oxygen atoms in total. The second-order valence-electron chi connectivity index (χ2n) is 8.25. The summed E-state index contributed by atoms with van der Waals surface area (Å²) >= 11 is 0. The average Bonchev–Trinajstić information content (AvgIpc) is 3.17. The Morgan fingerprint density at radius 2 is 1.81 bits per heavy atom. The fourth-order valence-electron chi connectivity index (χ4n) is 4.53. The first-order valence-corrected chi connectivity index (χ1v) is 11.0. The molecule has 4 rings (SSSR count). The number of fused-ring (bicyclic) bond motifs is 1. The Balaban J connectivity index is 1.65. The highest BCUT2D eigenvalue weighted by Gasteiger charge is 2.21. The Bertz CT molecular complexity index is 1080. The number of H-pyrrole nitrogens is 1. The summed E-state index contributed by atoms with van der Waals surface area (Å²) in [6, 6.07) is 12.3. The number of ether oxygens (including phenoxy) is 2. The first-order chi connectivity index (χ1) is 15.0. The zero-order valence-corrected chi connectivity index (χ0v) is 18.5. The van der Waals surface area contributed by atoms with Gasteiger partial charge in [0, 0.05) is 39.8 Å².